The Bertz CT molecular complexity index is 798. The highest BCUT2D eigenvalue weighted by Crippen LogP contribution is 2.32. The van der Waals surface area contributed by atoms with Gasteiger partial charge in [-0.1, -0.05) is 205 Å². The van der Waals surface area contributed by atoms with E-state index in [0.717, 1.165) is 0 Å². The van der Waals surface area contributed by atoms with Crippen LogP contribution >= 0.6 is 0 Å². The minimum Gasteiger partial charge on any atom is -0.334 e. The third kappa shape index (κ3) is 20.2. The van der Waals surface area contributed by atoms with Crippen molar-refractivity contribution in [1.82, 2.24) is 9.55 Å². The van der Waals surface area contributed by atoms with Crippen LogP contribution in [0.15, 0.2) is 49.1 Å². The summed E-state index contributed by atoms with van der Waals surface area (Å²) in [7, 11) is 0. The van der Waals surface area contributed by atoms with Crippen LogP contribution in [0.3, 0.4) is 0 Å². The molecule has 0 bridgehead atoms. The van der Waals surface area contributed by atoms with E-state index in [9.17, 15) is 0 Å². The molecule has 0 amide bonds. The van der Waals surface area contributed by atoms with Crippen LogP contribution in [0.5, 0.6) is 0 Å². The molecule has 2 atom stereocenters. The minimum absolute atomic E-state index is 0.572. The zero-order valence-corrected chi connectivity index (χ0v) is 29.0. The molecular formula is C41H72N2. The second-order valence-electron chi connectivity index (χ2n) is 13.7. The van der Waals surface area contributed by atoms with E-state index in [-0.39, 0.29) is 0 Å². The molecule has 0 N–H and O–H groups in total. The maximum absolute atomic E-state index is 4.47. The second-order valence-corrected chi connectivity index (χ2v) is 13.7. The lowest BCUT2D eigenvalue weighted by atomic mass is 9.84. The minimum atomic E-state index is 0.572. The molecule has 246 valence electrons. The molecule has 2 rings (SSSR count). The first kappa shape index (κ1) is 37.6. The van der Waals surface area contributed by atoms with E-state index in [4.69, 9.17) is 0 Å². The van der Waals surface area contributed by atoms with E-state index < -0.39 is 0 Å². The standard InChI is InChI=1S/C41H72N2/c1-3-5-7-9-11-13-15-16-17-19-21-23-25-30-34-41(43-36-35-42-38-43)40(37-39-31-27-26-28-32-39)33-29-24-22-20-18-14-12-10-8-6-4-2/h26-28,31-32,35-36,38,40-41H,3-25,29-30,33-34,37H2,1-2H3. The van der Waals surface area contributed by atoms with Crippen molar-refractivity contribution in [1.29, 1.82) is 0 Å². The van der Waals surface area contributed by atoms with Gasteiger partial charge in [-0.2, -0.15) is 0 Å². The van der Waals surface area contributed by atoms with Gasteiger partial charge in [-0.05, 0) is 30.7 Å². The molecule has 1 aromatic heterocycles. The lowest BCUT2D eigenvalue weighted by molar-refractivity contribution is 0.275. The maximum Gasteiger partial charge on any atom is 0.0948 e. The maximum atomic E-state index is 4.47. The second kappa shape index (κ2) is 27.9. The summed E-state index contributed by atoms with van der Waals surface area (Å²) in [5, 5.41) is 0. The summed E-state index contributed by atoms with van der Waals surface area (Å²) < 4.78 is 2.45. The Hall–Kier alpha value is -1.57. The molecule has 0 spiro atoms. The number of benzene rings is 1. The zero-order valence-electron chi connectivity index (χ0n) is 29.0. The van der Waals surface area contributed by atoms with Gasteiger partial charge < -0.3 is 4.57 Å². The normalized spacial score (nSPS) is 13.0. The van der Waals surface area contributed by atoms with Gasteiger partial charge in [0.1, 0.15) is 0 Å². The van der Waals surface area contributed by atoms with Gasteiger partial charge in [0, 0.05) is 18.4 Å². The van der Waals surface area contributed by atoms with Crippen molar-refractivity contribution in [3.63, 3.8) is 0 Å². The largest absolute Gasteiger partial charge is 0.334 e. The van der Waals surface area contributed by atoms with Crippen LogP contribution in [0.1, 0.15) is 199 Å². The highest BCUT2D eigenvalue weighted by molar-refractivity contribution is 5.15. The van der Waals surface area contributed by atoms with E-state index in [1.165, 1.54) is 185 Å². The lowest BCUT2D eigenvalue weighted by Crippen LogP contribution is -2.21. The van der Waals surface area contributed by atoms with Gasteiger partial charge in [0.15, 0.2) is 0 Å². The van der Waals surface area contributed by atoms with Crippen molar-refractivity contribution in [2.24, 2.45) is 5.92 Å². The van der Waals surface area contributed by atoms with E-state index in [2.05, 4.69) is 66.3 Å². The summed E-state index contributed by atoms with van der Waals surface area (Å²) in [4.78, 5) is 4.47. The summed E-state index contributed by atoms with van der Waals surface area (Å²) in [5.41, 5.74) is 1.50. The van der Waals surface area contributed by atoms with Gasteiger partial charge in [0.2, 0.25) is 0 Å². The van der Waals surface area contributed by atoms with Crippen LogP contribution in [0.4, 0.5) is 0 Å². The molecule has 0 aliphatic heterocycles. The Kier molecular flexibility index (Phi) is 24.4. The van der Waals surface area contributed by atoms with Crippen molar-refractivity contribution < 1.29 is 0 Å². The highest BCUT2D eigenvalue weighted by atomic mass is 15.1. The van der Waals surface area contributed by atoms with Crippen LogP contribution in [0.25, 0.3) is 0 Å². The fourth-order valence-corrected chi connectivity index (χ4v) is 7.06. The number of imidazole rings is 1. The molecule has 0 aliphatic rings. The number of hydrogen-bond donors (Lipinski definition) is 0. The van der Waals surface area contributed by atoms with Gasteiger partial charge in [0.05, 0.1) is 6.33 Å². The Morgan fingerprint density at radius 3 is 1.35 bits per heavy atom. The smallest absolute Gasteiger partial charge is 0.0948 e. The molecule has 0 aliphatic carbocycles. The molecule has 2 heteroatoms. The molecule has 2 nitrogen and oxygen atoms in total. The van der Waals surface area contributed by atoms with E-state index >= 15 is 0 Å². The summed E-state index contributed by atoms with van der Waals surface area (Å²) in [6.45, 7) is 4.61. The summed E-state index contributed by atoms with van der Waals surface area (Å²) in [6, 6.07) is 11.8. The number of aromatic nitrogens is 2. The topological polar surface area (TPSA) is 17.8 Å². The molecule has 0 fully saturated rings. The van der Waals surface area contributed by atoms with Crippen molar-refractivity contribution in [3.8, 4) is 0 Å². The molecule has 1 heterocycles. The number of unbranched alkanes of at least 4 members (excludes halogenated alkanes) is 23. The van der Waals surface area contributed by atoms with Gasteiger partial charge in [-0.3, -0.25) is 0 Å². The fraction of sp³-hybridized carbons (Fsp3) is 0.780. The van der Waals surface area contributed by atoms with Gasteiger partial charge in [-0.25, -0.2) is 4.98 Å². The molecule has 2 aromatic rings. The number of hydrogen-bond acceptors (Lipinski definition) is 1. The third-order valence-corrected chi connectivity index (χ3v) is 9.82. The molecule has 43 heavy (non-hydrogen) atoms. The van der Waals surface area contributed by atoms with Crippen LogP contribution in [-0.2, 0) is 6.42 Å². The SMILES string of the molecule is CCCCCCCCCCCCCCCCC(C(CCCCCCCCCCCCC)Cc1ccccc1)n1ccnc1. The predicted molar refractivity (Wildman–Crippen MR) is 191 cm³/mol. The number of nitrogens with zero attached hydrogens (tertiary/aromatic N) is 2. The molecular weight excluding hydrogens is 520 g/mol. The van der Waals surface area contributed by atoms with Crippen LogP contribution in [0.2, 0.25) is 0 Å². The van der Waals surface area contributed by atoms with E-state index in [0.29, 0.717) is 12.0 Å². The van der Waals surface area contributed by atoms with E-state index in [1.54, 1.807) is 0 Å². The van der Waals surface area contributed by atoms with Gasteiger partial charge in [-0.15, -0.1) is 0 Å². The Morgan fingerprint density at radius 2 is 0.930 bits per heavy atom. The monoisotopic (exact) mass is 593 g/mol. The molecule has 2 unspecified atom stereocenters. The third-order valence-electron chi connectivity index (χ3n) is 9.82. The Morgan fingerprint density at radius 1 is 0.512 bits per heavy atom. The first-order valence-electron chi connectivity index (χ1n) is 19.4. The summed E-state index contributed by atoms with van der Waals surface area (Å²) in [6.07, 6.45) is 45.8. The van der Waals surface area contributed by atoms with Crippen molar-refractivity contribution in [2.45, 2.75) is 200 Å². The zero-order chi connectivity index (χ0) is 30.5. The van der Waals surface area contributed by atoms with Gasteiger partial charge >= 0.3 is 0 Å². The predicted octanol–water partition coefficient (Wildman–Crippen LogP) is 13.9. The lowest BCUT2D eigenvalue weighted by Gasteiger charge is -2.29. The van der Waals surface area contributed by atoms with Crippen molar-refractivity contribution >= 4 is 0 Å². The summed E-state index contributed by atoms with van der Waals surface area (Å²) in [5.74, 6) is 0.692. The van der Waals surface area contributed by atoms with Crippen LogP contribution in [0, 0.1) is 5.92 Å². The fourth-order valence-electron chi connectivity index (χ4n) is 7.06. The first-order valence-corrected chi connectivity index (χ1v) is 19.4. The van der Waals surface area contributed by atoms with E-state index in [1.807, 2.05) is 6.20 Å². The van der Waals surface area contributed by atoms with Gasteiger partial charge in [0.25, 0.3) is 0 Å². The number of rotatable bonds is 31. The quantitative estimate of drug-likeness (QED) is 0.0796. The molecule has 0 radical (unpaired) electrons. The summed E-state index contributed by atoms with van der Waals surface area (Å²) >= 11 is 0. The Balaban J connectivity index is 1.69. The van der Waals surface area contributed by atoms with Crippen molar-refractivity contribution in [3.05, 3.63) is 54.6 Å². The van der Waals surface area contributed by atoms with Crippen molar-refractivity contribution in [2.75, 3.05) is 0 Å². The first-order chi connectivity index (χ1) is 21.3. The van der Waals surface area contributed by atoms with Crippen LogP contribution in [-0.4, -0.2) is 9.55 Å². The molecule has 0 saturated heterocycles. The molecule has 0 saturated carbocycles. The Labute approximate surface area is 269 Å². The van der Waals surface area contributed by atoms with Crippen LogP contribution < -0.4 is 0 Å². The molecule has 1 aromatic carbocycles. The average molecular weight is 593 g/mol. The average Bonchev–Trinajstić information content (AvgIpc) is 3.57. The highest BCUT2D eigenvalue weighted by Gasteiger charge is 2.23.